The summed E-state index contributed by atoms with van der Waals surface area (Å²) in [6.07, 6.45) is -3.78. The molecule has 0 aliphatic carbocycles. The van der Waals surface area contributed by atoms with Crippen LogP contribution in [-0.2, 0) is 6.18 Å². The molecule has 0 saturated heterocycles. The maximum Gasteiger partial charge on any atom is 0.417 e. The van der Waals surface area contributed by atoms with Crippen molar-refractivity contribution in [2.45, 2.75) is 11.2 Å². The summed E-state index contributed by atoms with van der Waals surface area (Å²) >= 11 is 11.3. The highest BCUT2D eigenvalue weighted by atomic mass is 79.9. The third-order valence-electron chi connectivity index (χ3n) is 2.32. The number of carbonyl (C=O) groups excluding carboxylic acids is 1. The molecule has 2 nitrogen and oxygen atoms in total. The number of carbonyl (C=O) groups is 1. The lowest BCUT2D eigenvalue weighted by Crippen LogP contribution is -2.06. The first kappa shape index (κ1) is 16.8. The van der Waals surface area contributed by atoms with E-state index in [9.17, 15) is 18.0 Å². The SMILES string of the molecule is O=C(CSc1ncc(C(F)(F)F)cc1Cl)c1ccc(Br)s1. The maximum absolute atomic E-state index is 12.5. The van der Waals surface area contributed by atoms with E-state index in [2.05, 4.69) is 20.9 Å². The van der Waals surface area contributed by atoms with Crippen molar-refractivity contribution in [3.05, 3.63) is 43.6 Å². The van der Waals surface area contributed by atoms with Crippen LogP contribution in [0.2, 0.25) is 5.02 Å². The second kappa shape index (κ2) is 6.68. The second-order valence-corrected chi connectivity index (χ2v) is 7.66. The molecular weight excluding hydrogens is 411 g/mol. The molecule has 0 radical (unpaired) electrons. The number of halogens is 5. The van der Waals surface area contributed by atoms with Gasteiger partial charge in [-0.3, -0.25) is 4.79 Å². The zero-order valence-corrected chi connectivity index (χ0v) is 14.1. The number of alkyl halides is 3. The van der Waals surface area contributed by atoms with Gasteiger partial charge in [0.25, 0.3) is 0 Å². The van der Waals surface area contributed by atoms with Gasteiger partial charge in [-0.2, -0.15) is 13.2 Å². The summed E-state index contributed by atoms with van der Waals surface area (Å²) in [6, 6.07) is 4.24. The Morgan fingerprint density at radius 1 is 1.43 bits per heavy atom. The molecule has 0 aliphatic rings. The molecule has 9 heteroatoms. The number of thiophene rings is 1. The van der Waals surface area contributed by atoms with Crippen LogP contribution in [0.15, 0.2) is 33.2 Å². The summed E-state index contributed by atoms with van der Waals surface area (Å²) < 4.78 is 38.3. The fourth-order valence-corrected chi connectivity index (χ4v) is 3.85. The van der Waals surface area contributed by atoms with E-state index in [1.807, 2.05) is 0 Å². The van der Waals surface area contributed by atoms with Gasteiger partial charge < -0.3 is 0 Å². The molecular formula is C12H6BrClF3NOS2. The molecule has 0 atom stereocenters. The van der Waals surface area contributed by atoms with Crippen LogP contribution in [0.4, 0.5) is 13.2 Å². The Morgan fingerprint density at radius 3 is 2.67 bits per heavy atom. The number of pyridine rings is 1. The van der Waals surface area contributed by atoms with Crippen molar-refractivity contribution in [3.8, 4) is 0 Å². The Kier molecular flexibility index (Phi) is 5.34. The Morgan fingerprint density at radius 2 is 2.14 bits per heavy atom. The molecule has 0 amide bonds. The fourth-order valence-electron chi connectivity index (χ4n) is 1.36. The van der Waals surface area contributed by atoms with Crippen LogP contribution in [0.25, 0.3) is 0 Å². The average Bonchev–Trinajstić information content (AvgIpc) is 2.82. The monoisotopic (exact) mass is 415 g/mol. The highest BCUT2D eigenvalue weighted by Gasteiger charge is 2.31. The van der Waals surface area contributed by atoms with Crippen molar-refractivity contribution >= 4 is 56.4 Å². The van der Waals surface area contributed by atoms with Gasteiger partial charge in [-0.25, -0.2) is 4.98 Å². The number of aromatic nitrogens is 1. The largest absolute Gasteiger partial charge is 0.417 e. The number of hydrogen-bond acceptors (Lipinski definition) is 4. The minimum atomic E-state index is -4.49. The predicted octanol–water partition coefficient (Wildman–Crippen LogP) is 5.55. The molecule has 2 rings (SSSR count). The summed E-state index contributed by atoms with van der Waals surface area (Å²) in [7, 11) is 0. The number of nitrogens with zero attached hydrogens (tertiary/aromatic N) is 1. The molecule has 0 N–H and O–H groups in total. The van der Waals surface area contributed by atoms with E-state index < -0.39 is 11.7 Å². The molecule has 0 aliphatic heterocycles. The normalized spacial score (nSPS) is 11.7. The fraction of sp³-hybridized carbons (Fsp3) is 0.167. The lowest BCUT2D eigenvalue weighted by molar-refractivity contribution is -0.137. The molecule has 0 bridgehead atoms. The minimum Gasteiger partial charge on any atom is -0.292 e. The minimum absolute atomic E-state index is 0.0606. The smallest absolute Gasteiger partial charge is 0.292 e. The number of hydrogen-bond donors (Lipinski definition) is 0. The molecule has 2 aromatic rings. The zero-order valence-electron chi connectivity index (χ0n) is 10.1. The third kappa shape index (κ3) is 4.45. The first-order valence-corrected chi connectivity index (χ1v) is 8.39. The Balaban J connectivity index is 2.05. The predicted molar refractivity (Wildman–Crippen MR) is 81.3 cm³/mol. The van der Waals surface area contributed by atoms with E-state index in [4.69, 9.17) is 11.6 Å². The lowest BCUT2D eigenvalue weighted by Gasteiger charge is -2.08. The van der Waals surface area contributed by atoms with Crippen molar-refractivity contribution in [1.29, 1.82) is 0 Å². The van der Waals surface area contributed by atoms with Crippen LogP contribution in [0.5, 0.6) is 0 Å². The molecule has 0 saturated carbocycles. The quantitative estimate of drug-likeness (QED) is 0.483. The summed E-state index contributed by atoms with van der Waals surface area (Å²) in [5.41, 5.74) is -0.912. The van der Waals surface area contributed by atoms with E-state index in [1.54, 1.807) is 12.1 Å². The molecule has 2 aromatic heterocycles. The van der Waals surface area contributed by atoms with E-state index in [1.165, 1.54) is 11.3 Å². The third-order valence-corrected chi connectivity index (χ3v) is 5.39. The maximum atomic E-state index is 12.5. The topological polar surface area (TPSA) is 30.0 Å². The molecule has 0 aromatic carbocycles. The van der Waals surface area contributed by atoms with E-state index in [-0.39, 0.29) is 21.6 Å². The van der Waals surface area contributed by atoms with Crippen molar-refractivity contribution in [3.63, 3.8) is 0 Å². The van der Waals surface area contributed by atoms with E-state index in [0.29, 0.717) is 11.1 Å². The molecule has 2 heterocycles. The first-order valence-electron chi connectivity index (χ1n) is 5.41. The highest BCUT2D eigenvalue weighted by molar-refractivity contribution is 9.11. The van der Waals surface area contributed by atoms with E-state index >= 15 is 0 Å². The summed E-state index contributed by atoms with van der Waals surface area (Å²) in [6.45, 7) is 0. The van der Waals surface area contributed by atoms with Gasteiger partial charge in [-0.15, -0.1) is 11.3 Å². The standard InChI is InChI=1S/C12H6BrClF3NOS2/c13-10-2-1-9(21-10)8(19)5-20-11-7(14)3-6(4-18-11)12(15,16)17/h1-4H,5H2. The Labute approximate surface area is 139 Å². The first-order chi connectivity index (χ1) is 9.77. The Bertz CT molecular complexity index is 675. The molecule has 112 valence electrons. The molecule has 0 fully saturated rings. The van der Waals surface area contributed by atoms with Gasteiger partial charge in [0.2, 0.25) is 0 Å². The van der Waals surface area contributed by atoms with Gasteiger partial charge in [-0.05, 0) is 34.1 Å². The van der Waals surface area contributed by atoms with E-state index in [0.717, 1.165) is 21.6 Å². The number of ketones is 1. The van der Waals surface area contributed by atoms with Gasteiger partial charge in [0.1, 0.15) is 5.03 Å². The number of thioether (sulfide) groups is 1. The second-order valence-electron chi connectivity index (χ2n) is 3.82. The van der Waals surface area contributed by atoms with Crippen LogP contribution < -0.4 is 0 Å². The Hall–Kier alpha value is -0.570. The van der Waals surface area contributed by atoms with Crippen LogP contribution in [-0.4, -0.2) is 16.5 Å². The molecule has 0 spiro atoms. The highest BCUT2D eigenvalue weighted by Crippen LogP contribution is 2.34. The molecule has 21 heavy (non-hydrogen) atoms. The van der Waals surface area contributed by atoms with Gasteiger partial charge in [0.05, 0.1) is 25.0 Å². The van der Waals surface area contributed by atoms with Crippen molar-refractivity contribution in [2.24, 2.45) is 0 Å². The zero-order chi connectivity index (χ0) is 15.6. The summed E-state index contributed by atoms with van der Waals surface area (Å²) in [5.74, 6) is -0.0705. The number of Topliss-reactive ketones (excluding diaryl/α,β-unsaturated/α-hetero) is 1. The van der Waals surface area contributed by atoms with Crippen molar-refractivity contribution in [1.82, 2.24) is 4.98 Å². The van der Waals surface area contributed by atoms with Gasteiger partial charge in [0.15, 0.2) is 5.78 Å². The van der Waals surface area contributed by atoms with Gasteiger partial charge in [0, 0.05) is 6.20 Å². The molecule has 0 unspecified atom stereocenters. The van der Waals surface area contributed by atoms with Crippen LogP contribution in [0.1, 0.15) is 15.2 Å². The average molecular weight is 417 g/mol. The van der Waals surface area contributed by atoms with Gasteiger partial charge >= 0.3 is 6.18 Å². The van der Waals surface area contributed by atoms with Crippen molar-refractivity contribution < 1.29 is 18.0 Å². The van der Waals surface area contributed by atoms with Crippen LogP contribution in [0.3, 0.4) is 0 Å². The van der Waals surface area contributed by atoms with Crippen LogP contribution >= 0.6 is 50.6 Å². The number of rotatable bonds is 4. The lowest BCUT2D eigenvalue weighted by atomic mass is 10.3. The summed E-state index contributed by atoms with van der Waals surface area (Å²) in [4.78, 5) is 16.1. The van der Waals surface area contributed by atoms with Crippen LogP contribution in [0, 0.1) is 0 Å². The van der Waals surface area contributed by atoms with Crippen molar-refractivity contribution in [2.75, 3.05) is 5.75 Å². The van der Waals surface area contributed by atoms with Gasteiger partial charge in [-0.1, -0.05) is 23.4 Å². The summed E-state index contributed by atoms with van der Waals surface area (Å²) in [5, 5.41) is 0.0867.